The fourth-order valence-corrected chi connectivity index (χ4v) is 3.51. The lowest BCUT2D eigenvalue weighted by Crippen LogP contribution is -2.06. The molecular formula is C12H15N3S. The Labute approximate surface area is 99.3 Å². The Morgan fingerprint density at radius 2 is 2.44 bits per heavy atom. The molecule has 3 nitrogen and oxygen atoms in total. The van der Waals surface area contributed by atoms with Crippen LogP contribution in [0.15, 0.2) is 18.3 Å². The molecule has 0 aliphatic carbocycles. The van der Waals surface area contributed by atoms with Crippen LogP contribution in [0.1, 0.15) is 24.2 Å². The lowest BCUT2D eigenvalue weighted by Gasteiger charge is -2.06. The number of nitrogens with zero attached hydrogens (tertiary/aromatic N) is 3. The zero-order chi connectivity index (χ0) is 11.0. The first-order valence-corrected chi connectivity index (χ1v) is 6.80. The van der Waals surface area contributed by atoms with Crippen molar-refractivity contribution in [1.29, 1.82) is 0 Å². The normalized spacial score (nSPS) is 20.7. The smallest absolute Gasteiger partial charge is 0.163 e. The Balaban J connectivity index is 1.94. The van der Waals surface area contributed by atoms with E-state index in [0.29, 0.717) is 0 Å². The van der Waals surface area contributed by atoms with Crippen LogP contribution in [-0.4, -0.2) is 25.6 Å². The molecule has 1 fully saturated rings. The van der Waals surface area contributed by atoms with Gasteiger partial charge in [-0.2, -0.15) is 11.8 Å². The van der Waals surface area contributed by atoms with Crippen LogP contribution in [-0.2, 0) is 6.42 Å². The predicted octanol–water partition coefficient (Wildman–Crippen LogP) is 2.48. The van der Waals surface area contributed by atoms with Gasteiger partial charge in [-0.05, 0) is 37.1 Å². The molecule has 2 aromatic heterocycles. The minimum atomic E-state index is 0.743. The fraction of sp³-hybridized carbons (Fsp3) is 0.500. The Hall–Kier alpha value is -1.03. The van der Waals surface area contributed by atoms with Crippen LogP contribution in [0.5, 0.6) is 0 Å². The van der Waals surface area contributed by atoms with Gasteiger partial charge in [-0.25, -0.2) is 0 Å². The van der Waals surface area contributed by atoms with Gasteiger partial charge in [0.1, 0.15) is 5.82 Å². The molecular weight excluding hydrogens is 218 g/mol. The van der Waals surface area contributed by atoms with Gasteiger partial charge in [0.15, 0.2) is 5.65 Å². The van der Waals surface area contributed by atoms with E-state index in [0.717, 1.165) is 23.1 Å². The van der Waals surface area contributed by atoms with Gasteiger partial charge in [-0.1, -0.05) is 6.07 Å². The van der Waals surface area contributed by atoms with Crippen molar-refractivity contribution in [1.82, 2.24) is 14.6 Å². The summed E-state index contributed by atoms with van der Waals surface area (Å²) < 4.78 is 2.13. The van der Waals surface area contributed by atoms with Crippen LogP contribution in [0, 0.1) is 6.92 Å². The number of aromatic nitrogens is 3. The summed E-state index contributed by atoms with van der Waals surface area (Å²) >= 11 is 2.07. The lowest BCUT2D eigenvalue weighted by atomic mass is 10.2. The number of fused-ring (bicyclic) bond motifs is 1. The van der Waals surface area contributed by atoms with Crippen LogP contribution < -0.4 is 0 Å². The van der Waals surface area contributed by atoms with Crippen LogP contribution in [0.3, 0.4) is 0 Å². The molecule has 84 valence electrons. The molecule has 16 heavy (non-hydrogen) atoms. The second kappa shape index (κ2) is 4.09. The molecule has 0 amide bonds. The monoisotopic (exact) mass is 233 g/mol. The number of rotatable bonds is 2. The maximum atomic E-state index is 4.32. The van der Waals surface area contributed by atoms with Gasteiger partial charge in [0.2, 0.25) is 0 Å². The van der Waals surface area contributed by atoms with E-state index in [1.54, 1.807) is 0 Å². The van der Waals surface area contributed by atoms with Crippen molar-refractivity contribution in [2.75, 3.05) is 5.75 Å². The summed E-state index contributed by atoms with van der Waals surface area (Å²) in [6.45, 7) is 2.08. The molecule has 4 heteroatoms. The molecule has 2 aromatic rings. The molecule has 0 spiro atoms. The minimum absolute atomic E-state index is 0.743. The highest BCUT2D eigenvalue weighted by Crippen LogP contribution is 2.28. The van der Waals surface area contributed by atoms with Crippen molar-refractivity contribution in [2.24, 2.45) is 0 Å². The fourth-order valence-electron chi connectivity index (χ4n) is 2.25. The quantitative estimate of drug-likeness (QED) is 0.798. The molecule has 0 saturated carbocycles. The Bertz CT molecular complexity index is 500. The van der Waals surface area contributed by atoms with E-state index in [1.165, 1.54) is 24.2 Å². The highest BCUT2D eigenvalue weighted by Gasteiger charge is 2.18. The van der Waals surface area contributed by atoms with Crippen molar-refractivity contribution < 1.29 is 0 Å². The molecule has 0 aromatic carbocycles. The summed E-state index contributed by atoms with van der Waals surface area (Å²) in [5.41, 5.74) is 2.20. The molecule has 3 heterocycles. The molecule has 1 aliphatic heterocycles. The van der Waals surface area contributed by atoms with Crippen LogP contribution in [0.2, 0.25) is 0 Å². The average Bonchev–Trinajstić information content (AvgIpc) is 2.90. The Kier molecular flexibility index (Phi) is 2.59. The highest BCUT2D eigenvalue weighted by atomic mass is 32.2. The van der Waals surface area contributed by atoms with Crippen molar-refractivity contribution >= 4 is 17.4 Å². The SMILES string of the molecule is Cc1cccn2c(CC3CCCS3)nnc12. The molecule has 0 bridgehead atoms. The molecule has 0 radical (unpaired) electrons. The van der Waals surface area contributed by atoms with E-state index in [-0.39, 0.29) is 0 Å². The molecule has 3 rings (SSSR count). The summed E-state index contributed by atoms with van der Waals surface area (Å²) in [5, 5.41) is 9.33. The number of aryl methyl sites for hydroxylation is 1. The van der Waals surface area contributed by atoms with E-state index in [4.69, 9.17) is 0 Å². The predicted molar refractivity (Wildman–Crippen MR) is 66.9 cm³/mol. The molecule has 1 unspecified atom stereocenters. The first kappa shape index (κ1) is 10.1. The third kappa shape index (κ3) is 1.71. The zero-order valence-corrected chi connectivity index (χ0v) is 10.2. The highest BCUT2D eigenvalue weighted by molar-refractivity contribution is 8.00. The number of pyridine rings is 1. The van der Waals surface area contributed by atoms with Gasteiger partial charge >= 0.3 is 0 Å². The Morgan fingerprint density at radius 1 is 1.50 bits per heavy atom. The maximum absolute atomic E-state index is 4.32. The van der Waals surface area contributed by atoms with Crippen LogP contribution in [0.4, 0.5) is 0 Å². The van der Waals surface area contributed by atoms with E-state index >= 15 is 0 Å². The van der Waals surface area contributed by atoms with E-state index < -0.39 is 0 Å². The summed E-state index contributed by atoms with van der Waals surface area (Å²) in [7, 11) is 0. The van der Waals surface area contributed by atoms with E-state index in [2.05, 4.69) is 51.6 Å². The topological polar surface area (TPSA) is 30.2 Å². The van der Waals surface area contributed by atoms with Crippen molar-refractivity contribution in [3.63, 3.8) is 0 Å². The minimum Gasteiger partial charge on any atom is -0.286 e. The van der Waals surface area contributed by atoms with Gasteiger partial charge in [0.25, 0.3) is 0 Å². The van der Waals surface area contributed by atoms with Gasteiger partial charge in [-0.3, -0.25) is 4.40 Å². The number of hydrogen-bond donors (Lipinski definition) is 0. The van der Waals surface area contributed by atoms with Crippen LogP contribution >= 0.6 is 11.8 Å². The third-order valence-electron chi connectivity index (χ3n) is 3.13. The van der Waals surface area contributed by atoms with Crippen molar-refractivity contribution in [2.45, 2.75) is 31.4 Å². The summed E-state index contributed by atoms with van der Waals surface area (Å²) in [5.74, 6) is 2.42. The van der Waals surface area contributed by atoms with E-state index in [1.807, 2.05) is 0 Å². The molecule has 1 saturated heterocycles. The van der Waals surface area contributed by atoms with Gasteiger partial charge in [0.05, 0.1) is 0 Å². The second-order valence-electron chi connectivity index (χ2n) is 4.34. The first-order chi connectivity index (χ1) is 7.84. The lowest BCUT2D eigenvalue weighted by molar-refractivity contribution is 0.738. The van der Waals surface area contributed by atoms with E-state index in [9.17, 15) is 0 Å². The third-order valence-corrected chi connectivity index (χ3v) is 4.53. The summed E-state index contributed by atoms with van der Waals surface area (Å²) in [6.07, 6.45) is 5.79. The van der Waals surface area contributed by atoms with Crippen molar-refractivity contribution in [3.05, 3.63) is 29.7 Å². The summed E-state index contributed by atoms with van der Waals surface area (Å²) in [4.78, 5) is 0. The number of thioether (sulfide) groups is 1. The molecule has 1 atom stereocenters. The molecule has 0 N–H and O–H groups in total. The standard InChI is InChI=1S/C12H15N3S/c1-9-4-2-6-15-11(13-14-12(9)15)8-10-5-3-7-16-10/h2,4,6,10H,3,5,7-8H2,1H3. The second-order valence-corrected chi connectivity index (χ2v) is 5.75. The first-order valence-electron chi connectivity index (χ1n) is 5.75. The van der Waals surface area contributed by atoms with Crippen molar-refractivity contribution in [3.8, 4) is 0 Å². The molecule has 1 aliphatic rings. The average molecular weight is 233 g/mol. The van der Waals surface area contributed by atoms with Gasteiger partial charge in [-0.15, -0.1) is 10.2 Å². The largest absolute Gasteiger partial charge is 0.286 e. The summed E-state index contributed by atoms with van der Waals surface area (Å²) in [6, 6.07) is 4.15. The zero-order valence-electron chi connectivity index (χ0n) is 9.39. The van der Waals surface area contributed by atoms with Gasteiger partial charge in [0, 0.05) is 17.9 Å². The van der Waals surface area contributed by atoms with Gasteiger partial charge < -0.3 is 0 Å². The number of hydrogen-bond acceptors (Lipinski definition) is 3. The maximum Gasteiger partial charge on any atom is 0.163 e. The van der Waals surface area contributed by atoms with Crippen LogP contribution in [0.25, 0.3) is 5.65 Å². The Morgan fingerprint density at radius 3 is 3.25 bits per heavy atom.